The molecule has 1 aromatic carbocycles. The van der Waals surface area contributed by atoms with Crippen LogP contribution in [0.15, 0.2) is 18.2 Å². The number of nitrogens with zero attached hydrogens (tertiary/aromatic N) is 1. The van der Waals surface area contributed by atoms with E-state index in [-0.39, 0.29) is 18.0 Å². The highest BCUT2D eigenvalue weighted by Crippen LogP contribution is 2.26. The lowest BCUT2D eigenvalue weighted by Crippen LogP contribution is -2.38. The summed E-state index contributed by atoms with van der Waals surface area (Å²) >= 11 is 0. The number of benzene rings is 1. The fourth-order valence-electron chi connectivity index (χ4n) is 2.07. The van der Waals surface area contributed by atoms with Crippen LogP contribution in [0.3, 0.4) is 0 Å². The Bertz CT molecular complexity index is 646. The lowest BCUT2D eigenvalue weighted by Gasteiger charge is -2.28. The second kappa shape index (κ2) is 6.25. The third-order valence-corrected chi connectivity index (χ3v) is 4.89. The molecule has 0 spiro atoms. The van der Waals surface area contributed by atoms with Crippen molar-refractivity contribution in [3.63, 3.8) is 0 Å². The van der Waals surface area contributed by atoms with Gasteiger partial charge in [0.2, 0.25) is 10.0 Å². The average molecular weight is 297 g/mol. The average Bonchev–Trinajstić information content (AvgIpc) is 2.40. The monoisotopic (exact) mass is 297 g/mol. The van der Waals surface area contributed by atoms with Crippen LogP contribution in [0.2, 0.25) is 0 Å². The van der Waals surface area contributed by atoms with Gasteiger partial charge in [-0.3, -0.25) is 4.31 Å². The molecule has 0 aliphatic carbocycles. The number of hydrogen-bond donors (Lipinski definition) is 1. The summed E-state index contributed by atoms with van der Waals surface area (Å²) in [5.74, 6) is 4.88. The number of sulfonamides is 1. The number of rotatable bonds is 2. The molecule has 2 rings (SSSR count). The van der Waals surface area contributed by atoms with Crippen molar-refractivity contribution in [1.82, 2.24) is 0 Å². The molecule has 20 heavy (non-hydrogen) atoms. The molecule has 0 atom stereocenters. The molecular formula is C14H16FNO3S. The Morgan fingerprint density at radius 2 is 2.15 bits per heavy atom. The molecule has 1 saturated heterocycles. The van der Waals surface area contributed by atoms with Crippen molar-refractivity contribution in [3.05, 3.63) is 29.6 Å². The zero-order valence-corrected chi connectivity index (χ0v) is 11.8. The van der Waals surface area contributed by atoms with E-state index >= 15 is 0 Å². The van der Waals surface area contributed by atoms with E-state index in [4.69, 9.17) is 5.11 Å². The molecule has 0 saturated carbocycles. The molecule has 0 aromatic heterocycles. The maximum Gasteiger partial charge on any atom is 0.235 e. The molecule has 1 fully saturated rings. The first-order valence-corrected chi connectivity index (χ1v) is 8.05. The molecule has 1 N–H and O–H groups in total. The number of aliphatic hydroxyl groups is 1. The fourth-order valence-corrected chi connectivity index (χ4v) is 3.71. The molecule has 1 aliphatic heterocycles. The summed E-state index contributed by atoms with van der Waals surface area (Å²) in [7, 11) is -3.41. The SMILES string of the molecule is O=S1(=O)CCCCN1c1ccc(C#CCCO)cc1F. The van der Waals surface area contributed by atoms with Gasteiger partial charge in [0.1, 0.15) is 5.82 Å². The highest BCUT2D eigenvalue weighted by molar-refractivity contribution is 7.92. The van der Waals surface area contributed by atoms with Gasteiger partial charge in [0.05, 0.1) is 18.0 Å². The van der Waals surface area contributed by atoms with E-state index in [1.165, 1.54) is 12.1 Å². The van der Waals surface area contributed by atoms with Crippen LogP contribution >= 0.6 is 0 Å². The van der Waals surface area contributed by atoms with Crippen molar-refractivity contribution in [2.45, 2.75) is 19.3 Å². The van der Waals surface area contributed by atoms with Crippen molar-refractivity contribution >= 4 is 15.7 Å². The number of hydrogen-bond acceptors (Lipinski definition) is 3. The van der Waals surface area contributed by atoms with Crippen molar-refractivity contribution in [3.8, 4) is 11.8 Å². The first kappa shape index (κ1) is 14.8. The summed E-state index contributed by atoms with van der Waals surface area (Å²) in [5, 5.41) is 8.62. The Labute approximate surface area is 118 Å². The maximum absolute atomic E-state index is 14.1. The van der Waals surface area contributed by atoms with Gasteiger partial charge < -0.3 is 5.11 Å². The number of aliphatic hydroxyl groups excluding tert-OH is 1. The van der Waals surface area contributed by atoms with Gasteiger partial charge in [-0.1, -0.05) is 11.8 Å². The lowest BCUT2D eigenvalue weighted by molar-refractivity contribution is 0.305. The van der Waals surface area contributed by atoms with Crippen molar-refractivity contribution < 1.29 is 17.9 Å². The van der Waals surface area contributed by atoms with E-state index in [0.29, 0.717) is 24.9 Å². The van der Waals surface area contributed by atoms with Gasteiger partial charge in [0.15, 0.2) is 0 Å². The predicted molar refractivity (Wildman–Crippen MR) is 75.3 cm³/mol. The normalized spacial score (nSPS) is 17.4. The predicted octanol–water partition coefficient (Wildman–Crippen LogP) is 1.49. The topological polar surface area (TPSA) is 57.6 Å². The van der Waals surface area contributed by atoms with Crippen LogP contribution in [0, 0.1) is 17.7 Å². The Kier molecular flexibility index (Phi) is 4.63. The van der Waals surface area contributed by atoms with Crippen LogP contribution in [0.25, 0.3) is 0 Å². The smallest absolute Gasteiger partial charge is 0.235 e. The molecule has 1 aromatic rings. The molecule has 108 valence electrons. The highest BCUT2D eigenvalue weighted by atomic mass is 32.2. The number of halogens is 1. The van der Waals surface area contributed by atoms with Gasteiger partial charge in [0.25, 0.3) is 0 Å². The summed E-state index contributed by atoms with van der Waals surface area (Å²) in [4.78, 5) is 0. The van der Waals surface area contributed by atoms with E-state index in [2.05, 4.69) is 11.8 Å². The Balaban J connectivity index is 2.28. The Hall–Kier alpha value is -1.58. The van der Waals surface area contributed by atoms with Crippen LogP contribution in [0.1, 0.15) is 24.8 Å². The second-order valence-corrected chi connectivity index (χ2v) is 6.55. The summed E-state index contributed by atoms with van der Waals surface area (Å²) in [6.07, 6.45) is 1.67. The summed E-state index contributed by atoms with van der Waals surface area (Å²) in [6.45, 7) is 0.272. The zero-order valence-electron chi connectivity index (χ0n) is 11.0. The van der Waals surface area contributed by atoms with Gasteiger partial charge in [-0.25, -0.2) is 12.8 Å². The van der Waals surface area contributed by atoms with E-state index in [1.54, 1.807) is 6.07 Å². The first-order chi connectivity index (χ1) is 9.54. The third-order valence-electron chi connectivity index (χ3n) is 3.04. The van der Waals surface area contributed by atoms with Crippen molar-refractivity contribution in [2.75, 3.05) is 23.2 Å². The fraction of sp³-hybridized carbons (Fsp3) is 0.429. The minimum absolute atomic E-state index is 0.0421. The summed E-state index contributed by atoms with van der Waals surface area (Å²) < 4.78 is 39.1. The highest BCUT2D eigenvalue weighted by Gasteiger charge is 2.27. The van der Waals surface area contributed by atoms with Gasteiger partial charge >= 0.3 is 0 Å². The van der Waals surface area contributed by atoms with Crippen molar-refractivity contribution in [1.29, 1.82) is 0 Å². The third kappa shape index (κ3) is 3.30. The lowest BCUT2D eigenvalue weighted by atomic mass is 10.2. The largest absolute Gasteiger partial charge is 0.395 e. The quantitative estimate of drug-likeness (QED) is 0.841. The first-order valence-electron chi connectivity index (χ1n) is 6.44. The Morgan fingerprint density at radius 3 is 2.80 bits per heavy atom. The number of anilines is 1. The van der Waals surface area contributed by atoms with E-state index in [9.17, 15) is 12.8 Å². The summed E-state index contributed by atoms with van der Waals surface area (Å²) in [6, 6.07) is 4.26. The van der Waals surface area contributed by atoms with E-state index in [0.717, 1.165) is 10.7 Å². The van der Waals surface area contributed by atoms with Crippen molar-refractivity contribution in [2.24, 2.45) is 0 Å². The van der Waals surface area contributed by atoms with Crippen LogP contribution in [-0.4, -0.2) is 32.4 Å². The van der Waals surface area contributed by atoms with Crippen LogP contribution in [-0.2, 0) is 10.0 Å². The Morgan fingerprint density at radius 1 is 1.35 bits per heavy atom. The molecule has 4 nitrogen and oxygen atoms in total. The molecule has 0 radical (unpaired) electrons. The van der Waals surface area contributed by atoms with Gasteiger partial charge in [-0.15, -0.1) is 0 Å². The molecule has 1 aliphatic rings. The maximum atomic E-state index is 14.1. The molecule has 6 heteroatoms. The molecule has 0 amide bonds. The second-order valence-electron chi connectivity index (χ2n) is 4.54. The van der Waals surface area contributed by atoms with Gasteiger partial charge in [-0.05, 0) is 31.0 Å². The standard InChI is InChI=1S/C14H16FNO3S/c15-13-11-12(5-1-3-9-17)6-7-14(13)16-8-2-4-10-20(16,18)19/h6-7,11,17H,2-4,8-10H2. The van der Waals surface area contributed by atoms with Gasteiger partial charge in [0, 0.05) is 18.5 Å². The molecule has 0 unspecified atom stereocenters. The van der Waals surface area contributed by atoms with E-state index in [1.807, 2.05) is 0 Å². The molecule has 0 bridgehead atoms. The van der Waals surface area contributed by atoms with E-state index < -0.39 is 15.8 Å². The van der Waals surface area contributed by atoms with Gasteiger partial charge in [-0.2, -0.15) is 0 Å². The van der Waals surface area contributed by atoms with Crippen LogP contribution < -0.4 is 4.31 Å². The van der Waals surface area contributed by atoms with Crippen LogP contribution in [0.4, 0.5) is 10.1 Å². The minimum atomic E-state index is -3.41. The zero-order chi connectivity index (χ0) is 14.6. The molecular weight excluding hydrogens is 281 g/mol. The minimum Gasteiger partial charge on any atom is -0.395 e. The molecule has 1 heterocycles. The summed E-state index contributed by atoms with van der Waals surface area (Å²) in [5.41, 5.74) is 0.548. The van der Waals surface area contributed by atoms with Crippen LogP contribution in [0.5, 0.6) is 0 Å².